The normalized spacial score (nSPS) is 15.4. The van der Waals surface area contributed by atoms with E-state index in [2.05, 4.69) is 26.9 Å². The van der Waals surface area contributed by atoms with Crippen molar-refractivity contribution in [3.63, 3.8) is 0 Å². The summed E-state index contributed by atoms with van der Waals surface area (Å²) in [7, 11) is 1.95. The van der Waals surface area contributed by atoms with E-state index in [4.69, 9.17) is 0 Å². The first-order valence-electron chi connectivity index (χ1n) is 8.26. The van der Waals surface area contributed by atoms with E-state index in [0.29, 0.717) is 5.69 Å². The average molecular weight is 389 g/mol. The van der Waals surface area contributed by atoms with E-state index >= 15 is 0 Å². The Kier molecular flexibility index (Phi) is 8.00. The van der Waals surface area contributed by atoms with Gasteiger partial charge in [-0.1, -0.05) is 12.1 Å². The number of benzene rings is 1. The number of aliphatic imine (C=N–C) groups is 1. The van der Waals surface area contributed by atoms with Gasteiger partial charge >= 0.3 is 57.4 Å². The third-order valence-electron chi connectivity index (χ3n) is 3.81. The van der Waals surface area contributed by atoms with Crippen LogP contribution in [0.15, 0.2) is 47.9 Å². The van der Waals surface area contributed by atoms with E-state index in [-0.39, 0.29) is 63.5 Å². The van der Waals surface area contributed by atoms with Crippen LogP contribution in [0.5, 0.6) is 0 Å². The molecule has 3 rings (SSSR count). The SMILES string of the molecule is Cc1cnn(C(=O)Nc2cccc(C(C)N[C-]=CN=C3C=[N+](C)[CH-]3)c2)c1.[K+]. The van der Waals surface area contributed by atoms with E-state index in [9.17, 15) is 4.79 Å². The van der Waals surface area contributed by atoms with Gasteiger partial charge in [0.2, 0.25) is 0 Å². The Morgan fingerprint density at radius 1 is 1.48 bits per heavy atom. The molecule has 1 aliphatic heterocycles. The van der Waals surface area contributed by atoms with Gasteiger partial charge in [-0.15, -0.1) is 6.20 Å². The molecule has 0 spiro atoms. The number of hydrogen-bond acceptors (Lipinski definition) is 4. The smallest absolute Gasteiger partial charge is 0.560 e. The molecule has 1 aliphatic rings. The molecule has 0 saturated heterocycles. The second kappa shape index (κ2) is 10.0. The summed E-state index contributed by atoms with van der Waals surface area (Å²) in [4.78, 5) is 16.4. The zero-order valence-corrected chi connectivity index (χ0v) is 19.1. The Morgan fingerprint density at radius 3 is 2.93 bits per heavy atom. The summed E-state index contributed by atoms with van der Waals surface area (Å²) in [5, 5.41) is 9.99. The van der Waals surface area contributed by atoms with Crippen LogP contribution >= 0.6 is 0 Å². The Labute approximate surface area is 201 Å². The summed E-state index contributed by atoms with van der Waals surface area (Å²) in [6.07, 6.45) is 9.82. The number of hydrogen-bond donors (Lipinski definition) is 2. The number of rotatable bonds is 5. The fourth-order valence-corrected chi connectivity index (χ4v) is 2.42. The molecule has 7 nitrogen and oxygen atoms in total. The fourth-order valence-electron chi connectivity index (χ4n) is 2.42. The first kappa shape index (κ1) is 21.6. The molecule has 134 valence electrons. The van der Waals surface area contributed by atoms with Gasteiger partial charge in [0.25, 0.3) is 0 Å². The Bertz CT molecular complexity index is 899. The molecule has 1 amide bonds. The van der Waals surface area contributed by atoms with E-state index in [1.165, 1.54) is 4.68 Å². The number of carbonyl (C=O) groups is 1. The molecular weight excluding hydrogens is 367 g/mol. The van der Waals surface area contributed by atoms with E-state index in [1.54, 1.807) is 18.6 Å². The van der Waals surface area contributed by atoms with Crippen molar-refractivity contribution in [2.45, 2.75) is 19.9 Å². The van der Waals surface area contributed by atoms with Crippen molar-refractivity contribution in [1.29, 1.82) is 0 Å². The van der Waals surface area contributed by atoms with Gasteiger partial charge in [-0.2, -0.15) is 9.78 Å². The van der Waals surface area contributed by atoms with Gasteiger partial charge in [0, 0.05) is 17.9 Å². The monoisotopic (exact) mass is 388 g/mol. The van der Waals surface area contributed by atoms with Crippen molar-refractivity contribution >= 4 is 23.6 Å². The molecule has 1 unspecified atom stereocenters. The van der Waals surface area contributed by atoms with Gasteiger partial charge in [0.05, 0.1) is 24.7 Å². The van der Waals surface area contributed by atoms with Gasteiger partial charge < -0.3 is 26.4 Å². The molecule has 0 bridgehead atoms. The number of carbonyl (C=O) groups excluding carboxylic acids is 1. The second-order valence-electron chi connectivity index (χ2n) is 6.13. The van der Waals surface area contributed by atoms with Crippen LogP contribution in [-0.2, 0) is 0 Å². The number of nitrogens with zero attached hydrogens (tertiary/aromatic N) is 4. The molecule has 1 aromatic carbocycles. The third-order valence-corrected chi connectivity index (χ3v) is 3.81. The van der Waals surface area contributed by atoms with Crippen LogP contribution in [0.25, 0.3) is 0 Å². The van der Waals surface area contributed by atoms with Crippen LogP contribution in [-0.4, -0.2) is 39.4 Å². The average Bonchev–Trinajstić information content (AvgIpc) is 3.03. The molecule has 0 radical (unpaired) electrons. The molecule has 27 heavy (non-hydrogen) atoms. The molecule has 0 saturated carbocycles. The Hall–Kier alpha value is -1.71. The predicted molar refractivity (Wildman–Crippen MR) is 101 cm³/mol. The van der Waals surface area contributed by atoms with Crippen molar-refractivity contribution < 1.29 is 60.8 Å². The fraction of sp³-hybridized carbons (Fsp3) is 0.211. The van der Waals surface area contributed by atoms with Crippen LogP contribution < -0.4 is 62.0 Å². The molecule has 1 aromatic heterocycles. The number of amides is 1. The summed E-state index contributed by atoms with van der Waals surface area (Å²) >= 11 is 0. The first-order valence-corrected chi connectivity index (χ1v) is 8.26. The van der Waals surface area contributed by atoms with Gasteiger partial charge in [0.1, 0.15) is 7.05 Å². The molecule has 2 aromatic rings. The summed E-state index contributed by atoms with van der Waals surface area (Å²) in [5.74, 6) is 0. The van der Waals surface area contributed by atoms with Crippen LogP contribution in [0.3, 0.4) is 0 Å². The molecule has 2 N–H and O–H groups in total. The minimum absolute atomic E-state index is 0. The topological polar surface area (TPSA) is 74.3 Å². The minimum Gasteiger partial charge on any atom is -0.560 e. The summed E-state index contributed by atoms with van der Waals surface area (Å²) < 4.78 is 3.22. The van der Waals surface area contributed by atoms with Crippen molar-refractivity contribution in [3.8, 4) is 0 Å². The summed E-state index contributed by atoms with van der Waals surface area (Å²) in [6, 6.07) is 7.37. The van der Waals surface area contributed by atoms with E-state index in [0.717, 1.165) is 16.8 Å². The van der Waals surface area contributed by atoms with Crippen molar-refractivity contribution in [1.82, 2.24) is 15.1 Å². The van der Waals surface area contributed by atoms with Gasteiger partial charge in [-0.25, -0.2) is 4.79 Å². The van der Waals surface area contributed by atoms with Crippen LogP contribution in [0.2, 0.25) is 0 Å². The van der Waals surface area contributed by atoms with Gasteiger partial charge in [0.15, 0.2) is 0 Å². The maximum absolute atomic E-state index is 12.2. The predicted octanol–water partition coefficient (Wildman–Crippen LogP) is -0.470. The molecule has 8 heteroatoms. The number of aryl methyl sites for hydroxylation is 1. The van der Waals surface area contributed by atoms with Crippen molar-refractivity contribution in [3.05, 3.63) is 66.7 Å². The molecular formula is C19H21KN6O. The molecule has 1 atom stereocenters. The number of aromatic nitrogens is 2. The maximum Gasteiger partial charge on any atom is 1.00 e. The third kappa shape index (κ3) is 6.15. The summed E-state index contributed by atoms with van der Waals surface area (Å²) in [6.45, 7) is 5.83. The largest absolute Gasteiger partial charge is 1.00 e. The van der Waals surface area contributed by atoms with Crippen molar-refractivity contribution in [2.75, 3.05) is 12.4 Å². The maximum atomic E-state index is 12.2. The molecule has 0 fully saturated rings. The second-order valence-corrected chi connectivity index (χ2v) is 6.13. The van der Waals surface area contributed by atoms with Crippen LogP contribution in [0.1, 0.15) is 24.1 Å². The van der Waals surface area contributed by atoms with Crippen LogP contribution in [0.4, 0.5) is 10.5 Å². The van der Waals surface area contributed by atoms with Gasteiger partial charge in [-0.3, -0.25) is 0 Å². The quantitative estimate of drug-likeness (QED) is 0.315. The first-order chi connectivity index (χ1) is 12.5. The minimum atomic E-state index is -0.295. The zero-order chi connectivity index (χ0) is 18.5. The van der Waals surface area contributed by atoms with Crippen molar-refractivity contribution in [2.24, 2.45) is 4.99 Å². The van der Waals surface area contributed by atoms with Gasteiger partial charge in [-0.05, 0) is 37.1 Å². The van der Waals surface area contributed by atoms with E-state index in [1.807, 2.05) is 62.5 Å². The molecule has 2 heterocycles. The summed E-state index contributed by atoms with van der Waals surface area (Å²) in [5.41, 5.74) is 3.57. The zero-order valence-electron chi connectivity index (χ0n) is 16.0. The van der Waals surface area contributed by atoms with E-state index < -0.39 is 0 Å². The Morgan fingerprint density at radius 2 is 2.26 bits per heavy atom. The number of anilines is 1. The Balaban J connectivity index is 0.00000261. The molecule has 0 aliphatic carbocycles. The number of nitrogens with one attached hydrogen (secondary N) is 2. The standard InChI is InChI=1S/C19H21N6O.K/c1-14-10-22-25(11-14)19(26)23-17-6-4-5-16(9-17)15(2)20-7-8-21-18-12-24(3)13-18;/h4-6,8-13,15,20H,1-3H3,(H,23,26);/q-1;+1. The van der Waals surface area contributed by atoms with Crippen LogP contribution in [0, 0.1) is 19.7 Å².